The summed E-state index contributed by atoms with van der Waals surface area (Å²) in [5, 5.41) is 12.3. The first-order valence-electron chi connectivity index (χ1n) is 27.6. The van der Waals surface area contributed by atoms with Gasteiger partial charge in [0.25, 0.3) is 0 Å². The van der Waals surface area contributed by atoms with Crippen LogP contribution in [-0.4, -0.2) is 33.3 Å². The second kappa shape index (κ2) is 24.4. The molecule has 0 atom stereocenters. The number of rotatable bonds is 20. The summed E-state index contributed by atoms with van der Waals surface area (Å²) < 4.78 is 37.2. The van der Waals surface area contributed by atoms with Crippen LogP contribution in [0.4, 0.5) is 0 Å². The van der Waals surface area contributed by atoms with Gasteiger partial charge >= 0.3 is 490 Å². The molecule has 12 aromatic carbocycles. The van der Waals surface area contributed by atoms with E-state index in [1.54, 1.807) is 0 Å². The zero-order chi connectivity index (χ0) is 54.7. The second-order valence-corrected chi connectivity index (χ2v) is 38.6. The SMILES string of the molecule is c1ccc([Si]([O][Ti]([O][Si](c2ccccc2)(c2ccccc2)c2ccccc2)([O][Si](c2ccccc2)(c2ccccc2)c2ccccc2)[O][Si](c2ccccc2)(c2ccccc2)c2ccccc2)(c2ccccc2)c2ccccc2)cc1. The second-order valence-electron chi connectivity index (χ2n) is 20.0. The van der Waals surface area contributed by atoms with Crippen LogP contribution in [0.1, 0.15) is 0 Å². The molecule has 0 heterocycles. The predicted octanol–water partition coefficient (Wildman–Crippen LogP) is 8.54. The third-order valence-corrected chi connectivity index (χ3v) is 41.7. The van der Waals surface area contributed by atoms with E-state index >= 15 is 0 Å². The molecular formula is C72H60O4Si4Ti. The van der Waals surface area contributed by atoms with Gasteiger partial charge in [0.1, 0.15) is 0 Å². The molecule has 0 aliphatic carbocycles. The normalized spacial score (nSPS) is 12.1. The van der Waals surface area contributed by atoms with E-state index in [0.29, 0.717) is 0 Å². The Kier molecular flexibility index (Phi) is 16.2. The molecule has 0 aliphatic heterocycles. The molecule has 0 N–H and O–H groups in total. The van der Waals surface area contributed by atoms with Crippen molar-refractivity contribution in [3.63, 3.8) is 0 Å². The van der Waals surface area contributed by atoms with Crippen LogP contribution in [0, 0.1) is 0 Å². The minimum absolute atomic E-state index is 1.03. The van der Waals surface area contributed by atoms with E-state index < -0.39 is 51.4 Å². The molecular weight excluding hydrogens is 1090 g/mol. The van der Waals surface area contributed by atoms with Crippen molar-refractivity contribution in [3.8, 4) is 0 Å². The van der Waals surface area contributed by atoms with Crippen LogP contribution in [0.2, 0.25) is 0 Å². The summed E-state index contributed by atoms with van der Waals surface area (Å²) >= 11 is -6.27. The number of hydrogen-bond acceptors (Lipinski definition) is 4. The van der Waals surface area contributed by atoms with Crippen LogP contribution < -0.4 is 62.2 Å². The molecule has 0 saturated heterocycles. The van der Waals surface area contributed by atoms with Gasteiger partial charge in [-0.1, -0.05) is 0 Å². The number of hydrogen-bond donors (Lipinski definition) is 0. The van der Waals surface area contributed by atoms with Crippen molar-refractivity contribution in [2.45, 2.75) is 0 Å². The monoisotopic (exact) mass is 1150 g/mol. The van der Waals surface area contributed by atoms with Gasteiger partial charge in [0.15, 0.2) is 0 Å². The Morgan fingerprint density at radius 3 is 0.309 bits per heavy atom. The Balaban J connectivity index is 1.34. The van der Waals surface area contributed by atoms with E-state index in [2.05, 4.69) is 364 Å². The molecule has 0 unspecified atom stereocenters. The Labute approximate surface area is 486 Å². The average Bonchev–Trinajstić information content (AvgIpc) is 3.74. The van der Waals surface area contributed by atoms with Gasteiger partial charge in [-0.15, -0.1) is 0 Å². The molecule has 9 heteroatoms. The van der Waals surface area contributed by atoms with Gasteiger partial charge in [0.2, 0.25) is 0 Å². The molecule has 0 spiro atoms. The standard InChI is InChI=1S/4C18H15OSi.Ti/c4*19-20(16-10-4-1-5-11-16,17-12-6-2-7-13-17)18-14-8-3-9-15-18;/h4*1-15H;/q4*-1;+4. The average molecular weight is 1150 g/mol. The summed E-state index contributed by atoms with van der Waals surface area (Å²) in [4.78, 5) is 0. The Morgan fingerprint density at radius 2 is 0.222 bits per heavy atom. The zero-order valence-electron chi connectivity index (χ0n) is 44.8. The summed E-state index contributed by atoms with van der Waals surface area (Å²) in [5.74, 6) is 0. The van der Waals surface area contributed by atoms with Crippen molar-refractivity contribution in [2.75, 3.05) is 0 Å². The fourth-order valence-electron chi connectivity index (χ4n) is 11.7. The Bertz CT molecular complexity index is 2950. The van der Waals surface area contributed by atoms with Gasteiger partial charge in [0, 0.05) is 0 Å². The first kappa shape index (κ1) is 53.7. The van der Waals surface area contributed by atoms with Crippen LogP contribution in [-0.2, 0) is 30.2 Å². The molecule has 0 radical (unpaired) electrons. The van der Waals surface area contributed by atoms with E-state index in [-0.39, 0.29) is 0 Å². The zero-order valence-corrected chi connectivity index (χ0v) is 50.3. The topological polar surface area (TPSA) is 36.9 Å². The Morgan fingerprint density at radius 1 is 0.136 bits per heavy atom. The molecule has 0 aromatic heterocycles. The van der Waals surface area contributed by atoms with Gasteiger partial charge in [-0.25, -0.2) is 0 Å². The summed E-state index contributed by atoms with van der Waals surface area (Å²) in [7, 11) is -16.0. The molecule has 81 heavy (non-hydrogen) atoms. The molecule has 0 amide bonds. The van der Waals surface area contributed by atoms with E-state index in [9.17, 15) is 12.0 Å². The van der Waals surface area contributed by atoms with Gasteiger partial charge in [-0.2, -0.15) is 0 Å². The maximum atomic E-state index is 9.31. The quantitative estimate of drug-likeness (QED) is 0.0567. The molecule has 12 rings (SSSR count). The molecule has 0 fully saturated rings. The van der Waals surface area contributed by atoms with E-state index in [1.165, 1.54) is 0 Å². The van der Waals surface area contributed by atoms with E-state index in [4.69, 9.17) is 0 Å². The predicted molar refractivity (Wildman–Crippen MR) is 340 cm³/mol. The van der Waals surface area contributed by atoms with Crippen molar-refractivity contribution in [1.82, 2.24) is 0 Å². The third-order valence-electron chi connectivity index (χ3n) is 15.3. The third kappa shape index (κ3) is 10.4. The van der Waals surface area contributed by atoms with Crippen molar-refractivity contribution in [3.05, 3.63) is 364 Å². The minimum atomic E-state index is -6.27. The van der Waals surface area contributed by atoms with E-state index in [0.717, 1.165) is 62.2 Å². The summed E-state index contributed by atoms with van der Waals surface area (Å²) in [6.45, 7) is 0. The first-order valence-corrected chi connectivity index (χ1v) is 37.7. The van der Waals surface area contributed by atoms with Crippen LogP contribution in [0.25, 0.3) is 0 Å². The Hall–Kier alpha value is -7.94. The molecule has 4 nitrogen and oxygen atoms in total. The molecule has 0 aliphatic rings. The van der Waals surface area contributed by atoms with Crippen molar-refractivity contribution in [1.29, 1.82) is 0 Å². The van der Waals surface area contributed by atoms with Crippen LogP contribution in [0.15, 0.2) is 364 Å². The van der Waals surface area contributed by atoms with Gasteiger partial charge < -0.3 is 0 Å². The van der Waals surface area contributed by atoms with E-state index in [1.807, 2.05) is 0 Å². The molecule has 0 bridgehead atoms. The fraction of sp³-hybridized carbons (Fsp3) is 0. The van der Waals surface area contributed by atoms with Crippen LogP contribution in [0.5, 0.6) is 0 Å². The van der Waals surface area contributed by atoms with Crippen molar-refractivity contribution < 1.29 is 30.2 Å². The molecule has 0 saturated carbocycles. The van der Waals surface area contributed by atoms with Gasteiger partial charge in [0.05, 0.1) is 0 Å². The number of benzene rings is 12. The van der Waals surface area contributed by atoms with Gasteiger partial charge in [-0.05, 0) is 0 Å². The molecule has 12 aromatic rings. The van der Waals surface area contributed by atoms with Crippen LogP contribution >= 0.6 is 0 Å². The summed E-state index contributed by atoms with van der Waals surface area (Å²) in [6.07, 6.45) is 0. The fourth-order valence-corrected chi connectivity index (χ4v) is 44.7. The first-order chi connectivity index (χ1) is 40.1. The van der Waals surface area contributed by atoms with Crippen molar-refractivity contribution in [2.24, 2.45) is 0 Å². The molecule has 392 valence electrons. The van der Waals surface area contributed by atoms with Crippen LogP contribution in [0.3, 0.4) is 0 Å². The van der Waals surface area contributed by atoms with Gasteiger partial charge in [-0.3, -0.25) is 0 Å². The summed E-state index contributed by atoms with van der Waals surface area (Å²) in [6, 6.07) is 130. The summed E-state index contributed by atoms with van der Waals surface area (Å²) in [5.41, 5.74) is 0. The maximum absolute atomic E-state index is 9.31. The van der Waals surface area contributed by atoms with Crippen molar-refractivity contribution >= 4 is 95.5 Å².